The van der Waals surface area contributed by atoms with E-state index in [0.29, 0.717) is 0 Å². The summed E-state index contributed by atoms with van der Waals surface area (Å²) in [5.74, 6) is 0. The molecule has 0 saturated carbocycles. The lowest BCUT2D eigenvalue weighted by Gasteiger charge is -2.23. The molecule has 1 heterocycles. The molecule has 17 heavy (non-hydrogen) atoms. The first-order valence-electron chi connectivity index (χ1n) is 5.48. The van der Waals surface area contributed by atoms with Crippen molar-refractivity contribution in [3.05, 3.63) is 29.3 Å². The van der Waals surface area contributed by atoms with Crippen LogP contribution < -0.4 is 10.0 Å². The predicted octanol–water partition coefficient (Wildman–Crippen LogP) is 1.17. The average molecular weight is 274 g/mol. The Hall–Kier alpha value is -0.620. The van der Waals surface area contributed by atoms with Crippen molar-refractivity contribution in [1.82, 2.24) is 10.0 Å². The summed E-state index contributed by atoms with van der Waals surface area (Å²) in [6, 6.07) is 7.22. The van der Waals surface area contributed by atoms with E-state index in [1.165, 1.54) is 12.1 Å². The van der Waals surface area contributed by atoms with E-state index in [2.05, 4.69) is 16.1 Å². The minimum absolute atomic E-state index is 0.0162. The fourth-order valence-corrected chi connectivity index (χ4v) is 3.60. The van der Waals surface area contributed by atoms with Crippen LogP contribution in [0.2, 0.25) is 5.02 Å². The standard InChI is InChI=1S/C11H14ClN2O2S/c12-10-3-1-2-4-11(10)17(15,16)14-9-5-7-13-8-6-9/h1,3-4,9,13-14H,5-8H2. The molecule has 1 aliphatic rings. The highest BCUT2D eigenvalue weighted by Gasteiger charge is 2.23. The van der Waals surface area contributed by atoms with Gasteiger partial charge in [0.25, 0.3) is 0 Å². The lowest BCUT2D eigenvalue weighted by molar-refractivity contribution is 0.427. The molecule has 1 aromatic rings. The van der Waals surface area contributed by atoms with Crippen LogP contribution in [0.1, 0.15) is 12.8 Å². The molecule has 2 N–H and O–H groups in total. The largest absolute Gasteiger partial charge is 0.317 e. The molecule has 93 valence electrons. The van der Waals surface area contributed by atoms with Gasteiger partial charge < -0.3 is 5.32 Å². The summed E-state index contributed by atoms with van der Waals surface area (Å²) in [5.41, 5.74) is 0. The van der Waals surface area contributed by atoms with Crippen LogP contribution in [-0.4, -0.2) is 27.5 Å². The topological polar surface area (TPSA) is 58.2 Å². The highest BCUT2D eigenvalue weighted by molar-refractivity contribution is 7.89. The Morgan fingerprint density at radius 2 is 2.12 bits per heavy atom. The van der Waals surface area contributed by atoms with Crippen molar-refractivity contribution in [2.45, 2.75) is 23.8 Å². The summed E-state index contributed by atoms with van der Waals surface area (Å²) in [6.07, 6.45) is 1.60. The highest BCUT2D eigenvalue weighted by Crippen LogP contribution is 2.21. The van der Waals surface area contributed by atoms with E-state index in [4.69, 9.17) is 11.6 Å². The summed E-state index contributed by atoms with van der Waals surface area (Å²) in [5, 5.41) is 3.41. The summed E-state index contributed by atoms with van der Waals surface area (Å²) in [4.78, 5) is 0.0974. The number of hydrogen-bond acceptors (Lipinski definition) is 3. The van der Waals surface area contributed by atoms with Gasteiger partial charge in [0.1, 0.15) is 4.90 Å². The smallest absolute Gasteiger partial charge is 0.242 e. The summed E-state index contributed by atoms with van der Waals surface area (Å²) in [6.45, 7) is 1.67. The molecule has 0 aromatic heterocycles. The van der Waals surface area contributed by atoms with Crippen LogP contribution in [0.25, 0.3) is 0 Å². The van der Waals surface area contributed by atoms with E-state index in [-0.39, 0.29) is 16.0 Å². The van der Waals surface area contributed by atoms with Gasteiger partial charge >= 0.3 is 0 Å². The van der Waals surface area contributed by atoms with Crippen LogP contribution in [0.4, 0.5) is 0 Å². The normalized spacial score (nSPS) is 18.2. The van der Waals surface area contributed by atoms with Gasteiger partial charge in [0, 0.05) is 6.04 Å². The van der Waals surface area contributed by atoms with Gasteiger partial charge in [-0.15, -0.1) is 0 Å². The monoisotopic (exact) mass is 273 g/mol. The summed E-state index contributed by atoms with van der Waals surface area (Å²) >= 11 is 5.87. The van der Waals surface area contributed by atoms with Crippen LogP contribution in [0, 0.1) is 6.07 Å². The van der Waals surface area contributed by atoms with E-state index >= 15 is 0 Å². The fourth-order valence-electron chi connectivity index (χ4n) is 1.82. The highest BCUT2D eigenvalue weighted by atomic mass is 35.5. The molecular formula is C11H14ClN2O2S. The third-order valence-electron chi connectivity index (χ3n) is 2.73. The van der Waals surface area contributed by atoms with Crippen LogP contribution >= 0.6 is 11.6 Å². The van der Waals surface area contributed by atoms with Crippen molar-refractivity contribution in [3.8, 4) is 0 Å². The van der Waals surface area contributed by atoms with Gasteiger partial charge in [0.15, 0.2) is 0 Å². The number of halogens is 1. The first kappa shape index (κ1) is 12.8. The molecule has 1 aliphatic heterocycles. The fraction of sp³-hybridized carbons (Fsp3) is 0.455. The van der Waals surface area contributed by atoms with Gasteiger partial charge in [0.2, 0.25) is 10.0 Å². The maximum atomic E-state index is 12.1. The molecule has 1 fully saturated rings. The molecule has 0 amide bonds. The molecule has 2 rings (SSSR count). The van der Waals surface area contributed by atoms with Gasteiger partial charge in [-0.05, 0) is 44.1 Å². The van der Waals surface area contributed by atoms with Gasteiger partial charge in [0.05, 0.1) is 5.02 Å². The molecular weight excluding hydrogens is 260 g/mol. The second-order valence-corrected chi connectivity index (χ2v) is 6.09. The lowest BCUT2D eigenvalue weighted by Crippen LogP contribution is -2.42. The zero-order valence-electron chi connectivity index (χ0n) is 9.24. The zero-order chi connectivity index (χ0) is 12.3. The SMILES string of the molecule is O=S(=O)(NC1CCNCC1)c1c[c]ccc1Cl. The van der Waals surface area contributed by atoms with Crippen LogP contribution in [0.15, 0.2) is 23.1 Å². The van der Waals surface area contributed by atoms with E-state index in [1.807, 2.05) is 0 Å². The maximum Gasteiger partial charge on any atom is 0.242 e. The molecule has 0 bridgehead atoms. The minimum atomic E-state index is -3.53. The molecule has 6 heteroatoms. The van der Waals surface area contributed by atoms with Gasteiger partial charge in [-0.25, -0.2) is 13.1 Å². The van der Waals surface area contributed by atoms with Gasteiger partial charge in [-0.2, -0.15) is 0 Å². The molecule has 0 unspecified atom stereocenters. The maximum absolute atomic E-state index is 12.1. The quantitative estimate of drug-likeness (QED) is 0.869. The second-order valence-electron chi connectivity index (χ2n) is 4.00. The molecule has 1 saturated heterocycles. The molecule has 0 aliphatic carbocycles. The van der Waals surface area contributed by atoms with Crippen LogP contribution in [0.3, 0.4) is 0 Å². The molecule has 0 spiro atoms. The number of rotatable bonds is 3. The predicted molar refractivity (Wildman–Crippen MR) is 66.5 cm³/mol. The number of sulfonamides is 1. The molecule has 1 radical (unpaired) electrons. The second kappa shape index (κ2) is 5.35. The first-order valence-corrected chi connectivity index (χ1v) is 7.34. The van der Waals surface area contributed by atoms with E-state index in [0.717, 1.165) is 25.9 Å². The zero-order valence-corrected chi connectivity index (χ0v) is 10.8. The van der Waals surface area contributed by atoms with Crippen molar-refractivity contribution in [2.75, 3.05) is 13.1 Å². The number of hydrogen-bond donors (Lipinski definition) is 2. The Labute approximate surface area is 106 Å². The Morgan fingerprint density at radius 1 is 1.41 bits per heavy atom. The number of nitrogens with one attached hydrogen (secondary N) is 2. The Bertz CT molecular complexity index is 484. The van der Waals surface area contributed by atoms with Crippen LogP contribution in [0.5, 0.6) is 0 Å². The average Bonchev–Trinajstić information content (AvgIpc) is 2.30. The number of piperidine rings is 1. The van der Waals surface area contributed by atoms with E-state index in [1.54, 1.807) is 6.07 Å². The van der Waals surface area contributed by atoms with E-state index in [9.17, 15) is 8.42 Å². The summed E-state index contributed by atoms with van der Waals surface area (Å²) < 4.78 is 26.9. The first-order chi connectivity index (χ1) is 8.09. The minimum Gasteiger partial charge on any atom is -0.317 e. The third-order valence-corrected chi connectivity index (χ3v) is 4.73. The van der Waals surface area contributed by atoms with Crippen molar-refractivity contribution < 1.29 is 8.42 Å². The number of benzene rings is 1. The van der Waals surface area contributed by atoms with Gasteiger partial charge in [-0.3, -0.25) is 0 Å². The van der Waals surface area contributed by atoms with Crippen LogP contribution in [-0.2, 0) is 10.0 Å². The Balaban J connectivity index is 2.16. The van der Waals surface area contributed by atoms with Crippen molar-refractivity contribution >= 4 is 21.6 Å². The Kier molecular flexibility index (Phi) is 4.04. The molecule has 1 aromatic carbocycles. The lowest BCUT2D eigenvalue weighted by atomic mass is 10.1. The molecule has 4 nitrogen and oxygen atoms in total. The van der Waals surface area contributed by atoms with Crippen molar-refractivity contribution in [2.24, 2.45) is 0 Å². The Morgan fingerprint density at radius 3 is 2.76 bits per heavy atom. The molecule has 0 atom stereocenters. The van der Waals surface area contributed by atoms with Crippen molar-refractivity contribution in [1.29, 1.82) is 0 Å². The van der Waals surface area contributed by atoms with E-state index < -0.39 is 10.0 Å². The summed E-state index contributed by atoms with van der Waals surface area (Å²) in [7, 11) is -3.53. The van der Waals surface area contributed by atoms with Crippen molar-refractivity contribution in [3.63, 3.8) is 0 Å². The van der Waals surface area contributed by atoms with Gasteiger partial charge in [-0.1, -0.05) is 17.7 Å². The third kappa shape index (κ3) is 3.19.